The molecule has 1 amide bonds. The van der Waals surface area contributed by atoms with Gasteiger partial charge in [-0.1, -0.05) is 29.8 Å². The summed E-state index contributed by atoms with van der Waals surface area (Å²) in [6.07, 6.45) is 0. The Bertz CT molecular complexity index is 1180. The molecule has 0 atom stereocenters. The van der Waals surface area contributed by atoms with Gasteiger partial charge in [-0.05, 0) is 48.5 Å². The minimum Gasteiger partial charge on any atom is -0.495 e. The fourth-order valence-corrected chi connectivity index (χ4v) is 4.13. The van der Waals surface area contributed by atoms with Gasteiger partial charge in [0.25, 0.3) is 15.9 Å². The van der Waals surface area contributed by atoms with E-state index in [-0.39, 0.29) is 21.2 Å². The molecule has 0 aliphatic carbocycles. The van der Waals surface area contributed by atoms with Crippen LogP contribution in [0, 0.1) is 5.82 Å². The minimum absolute atomic E-state index is 0.0126. The lowest BCUT2D eigenvalue weighted by molar-refractivity contribution is 0.102. The van der Waals surface area contributed by atoms with Gasteiger partial charge < -0.3 is 10.1 Å². The number of halogens is 2. The number of anilines is 2. The average molecular weight is 449 g/mol. The Labute approximate surface area is 178 Å². The van der Waals surface area contributed by atoms with Gasteiger partial charge in [0.15, 0.2) is 5.82 Å². The van der Waals surface area contributed by atoms with Crippen molar-refractivity contribution in [2.75, 3.05) is 23.8 Å². The fraction of sp³-hybridized carbons (Fsp3) is 0.0952. The summed E-state index contributed by atoms with van der Waals surface area (Å²) < 4.78 is 46.2. The van der Waals surface area contributed by atoms with Crippen molar-refractivity contribution in [1.82, 2.24) is 0 Å². The third kappa shape index (κ3) is 4.24. The third-order valence-corrected chi connectivity index (χ3v) is 6.48. The van der Waals surface area contributed by atoms with Crippen LogP contribution in [0.4, 0.5) is 15.8 Å². The van der Waals surface area contributed by atoms with Gasteiger partial charge >= 0.3 is 0 Å². The number of rotatable bonds is 6. The highest BCUT2D eigenvalue weighted by atomic mass is 35.5. The molecule has 0 saturated carbocycles. The predicted octanol–water partition coefficient (Wildman–Crippen LogP) is 4.57. The van der Waals surface area contributed by atoms with Crippen LogP contribution in [0.5, 0.6) is 5.75 Å². The summed E-state index contributed by atoms with van der Waals surface area (Å²) in [4.78, 5) is 12.4. The van der Waals surface area contributed by atoms with Gasteiger partial charge in [0.2, 0.25) is 0 Å². The second-order valence-electron chi connectivity index (χ2n) is 6.22. The SMILES string of the molecule is COc1ccccc1N(C)S(=O)(=O)c1ccc(C(=O)Nc2cccc(Cl)c2F)cc1. The number of carbonyl (C=O) groups is 1. The second-order valence-corrected chi connectivity index (χ2v) is 8.60. The Morgan fingerprint density at radius 2 is 1.70 bits per heavy atom. The molecule has 0 spiro atoms. The van der Waals surface area contributed by atoms with Gasteiger partial charge in [-0.25, -0.2) is 12.8 Å². The maximum Gasteiger partial charge on any atom is 0.264 e. The van der Waals surface area contributed by atoms with E-state index in [1.165, 1.54) is 56.6 Å². The Hall–Kier alpha value is -3.10. The molecule has 0 aliphatic rings. The molecular weight excluding hydrogens is 431 g/mol. The molecule has 3 aromatic rings. The Morgan fingerprint density at radius 1 is 1.03 bits per heavy atom. The lowest BCUT2D eigenvalue weighted by Crippen LogP contribution is -2.27. The molecule has 1 N–H and O–H groups in total. The summed E-state index contributed by atoms with van der Waals surface area (Å²) in [5.41, 5.74) is 0.464. The zero-order valence-electron chi connectivity index (χ0n) is 16.1. The quantitative estimate of drug-likeness (QED) is 0.599. The van der Waals surface area contributed by atoms with E-state index in [9.17, 15) is 17.6 Å². The molecule has 0 radical (unpaired) electrons. The fourth-order valence-electron chi connectivity index (χ4n) is 2.75. The predicted molar refractivity (Wildman–Crippen MR) is 114 cm³/mol. The van der Waals surface area contributed by atoms with Crippen molar-refractivity contribution in [3.05, 3.63) is 83.1 Å². The lowest BCUT2D eigenvalue weighted by atomic mass is 10.2. The third-order valence-electron chi connectivity index (χ3n) is 4.40. The largest absolute Gasteiger partial charge is 0.495 e. The molecule has 9 heteroatoms. The van der Waals surface area contributed by atoms with Gasteiger partial charge in [-0.2, -0.15) is 0 Å². The Kier molecular flexibility index (Phi) is 6.28. The first-order valence-electron chi connectivity index (χ1n) is 8.73. The van der Waals surface area contributed by atoms with Crippen molar-refractivity contribution >= 4 is 38.9 Å². The number of benzene rings is 3. The highest BCUT2D eigenvalue weighted by Gasteiger charge is 2.24. The molecule has 0 fully saturated rings. The smallest absolute Gasteiger partial charge is 0.264 e. The zero-order valence-corrected chi connectivity index (χ0v) is 17.7. The molecule has 0 heterocycles. The van der Waals surface area contributed by atoms with Gasteiger partial charge in [0.05, 0.1) is 28.4 Å². The van der Waals surface area contributed by atoms with E-state index in [2.05, 4.69) is 5.32 Å². The maximum atomic E-state index is 14.0. The number of nitrogens with zero attached hydrogens (tertiary/aromatic N) is 1. The van der Waals surface area contributed by atoms with Crippen molar-refractivity contribution in [1.29, 1.82) is 0 Å². The minimum atomic E-state index is -3.89. The van der Waals surface area contributed by atoms with E-state index in [0.29, 0.717) is 11.4 Å². The van der Waals surface area contributed by atoms with E-state index >= 15 is 0 Å². The molecule has 0 saturated heterocycles. The monoisotopic (exact) mass is 448 g/mol. The molecule has 3 aromatic carbocycles. The van der Waals surface area contributed by atoms with Gasteiger partial charge in [-0.3, -0.25) is 9.10 Å². The van der Waals surface area contributed by atoms with E-state index in [1.54, 1.807) is 24.3 Å². The van der Waals surface area contributed by atoms with Crippen LogP contribution in [0.25, 0.3) is 0 Å². The number of methoxy groups -OCH3 is 1. The number of para-hydroxylation sites is 2. The summed E-state index contributed by atoms with van der Waals surface area (Å²) in [6.45, 7) is 0. The summed E-state index contributed by atoms with van der Waals surface area (Å²) in [6, 6.07) is 16.3. The Balaban J connectivity index is 1.83. The molecule has 6 nitrogen and oxygen atoms in total. The van der Waals surface area contributed by atoms with E-state index in [4.69, 9.17) is 16.3 Å². The number of hydrogen-bond acceptors (Lipinski definition) is 4. The van der Waals surface area contributed by atoms with Crippen molar-refractivity contribution in [3.8, 4) is 5.75 Å². The maximum absolute atomic E-state index is 14.0. The van der Waals surface area contributed by atoms with Gasteiger partial charge in [-0.15, -0.1) is 0 Å². The van der Waals surface area contributed by atoms with E-state index in [1.807, 2.05) is 0 Å². The van der Waals surface area contributed by atoms with Crippen molar-refractivity contribution in [3.63, 3.8) is 0 Å². The Morgan fingerprint density at radius 3 is 2.37 bits per heavy atom. The molecule has 0 unspecified atom stereocenters. The summed E-state index contributed by atoms with van der Waals surface area (Å²) in [5, 5.41) is 2.30. The molecular formula is C21H18ClFN2O4S. The second kappa shape index (κ2) is 8.73. The average Bonchev–Trinajstić information content (AvgIpc) is 2.76. The number of amides is 1. The topological polar surface area (TPSA) is 75.7 Å². The first kappa shape index (κ1) is 21.6. The van der Waals surface area contributed by atoms with Gasteiger partial charge in [0.1, 0.15) is 5.75 Å². The standard InChI is InChI=1S/C21H18ClFN2O4S/c1-25(18-8-3-4-9-19(18)29-2)30(27,28)15-12-10-14(11-13-15)21(26)24-17-7-5-6-16(22)20(17)23/h3-13H,1-2H3,(H,24,26). The highest BCUT2D eigenvalue weighted by Crippen LogP contribution is 2.31. The number of ether oxygens (including phenoxy) is 1. The van der Waals surface area contributed by atoms with Crippen LogP contribution in [0.1, 0.15) is 10.4 Å². The van der Waals surface area contributed by atoms with Crippen LogP contribution >= 0.6 is 11.6 Å². The van der Waals surface area contributed by atoms with Crippen molar-refractivity contribution in [2.45, 2.75) is 4.90 Å². The lowest BCUT2D eigenvalue weighted by Gasteiger charge is -2.21. The molecule has 0 aliphatic heterocycles. The van der Waals surface area contributed by atoms with Crippen LogP contribution < -0.4 is 14.4 Å². The first-order chi connectivity index (χ1) is 14.3. The van der Waals surface area contributed by atoms with Gasteiger partial charge in [0, 0.05) is 12.6 Å². The molecule has 0 aromatic heterocycles. The summed E-state index contributed by atoms with van der Waals surface area (Å²) >= 11 is 5.71. The van der Waals surface area contributed by atoms with Crippen LogP contribution in [0.3, 0.4) is 0 Å². The van der Waals surface area contributed by atoms with Crippen LogP contribution in [-0.4, -0.2) is 28.5 Å². The molecule has 156 valence electrons. The molecule has 0 bridgehead atoms. The van der Waals surface area contributed by atoms with E-state index in [0.717, 1.165) is 4.31 Å². The number of carbonyl (C=O) groups excluding carboxylic acids is 1. The summed E-state index contributed by atoms with van der Waals surface area (Å²) in [7, 11) is -1.03. The normalized spacial score (nSPS) is 11.1. The number of hydrogen-bond donors (Lipinski definition) is 1. The number of sulfonamides is 1. The van der Waals surface area contributed by atoms with E-state index < -0.39 is 21.7 Å². The van der Waals surface area contributed by atoms with Crippen LogP contribution in [-0.2, 0) is 10.0 Å². The van der Waals surface area contributed by atoms with Crippen LogP contribution in [0.15, 0.2) is 71.6 Å². The van der Waals surface area contributed by atoms with Crippen molar-refractivity contribution in [2.24, 2.45) is 0 Å². The van der Waals surface area contributed by atoms with Crippen molar-refractivity contribution < 1.29 is 22.3 Å². The first-order valence-corrected chi connectivity index (χ1v) is 10.5. The zero-order chi connectivity index (χ0) is 21.9. The molecule has 30 heavy (non-hydrogen) atoms. The highest BCUT2D eigenvalue weighted by molar-refractivity contribution is 7.92. The van der Waals surface area contributed by atoms with Crippen LogP contribution in [0.2, 0.25) is 5.02 Å². The molecule has 3 rings (SSSR count). The number of nitrogens with one attached hydrogen (secondary N) is 1. The summed E-state index contributed by atoms with van der Waals surface area (Å²) in [5.74, 6) is -0.938.